The van der Waals surface area contributed by atoms with Gasteiger partial charge in [-0.25, -0.2) is 0 Å². The Balaban J connectivity index is 2.36. The van der Waals surface area contributed by atoms with Crippen LogP contribution in [0.4, 0.5) is 5.69 Å². The largest absolute Gasteiger partial charge is 0.371 e. The Labute approximate surface area is 119 Å². The molecule has 0 amide bonds. The van der Waals surface area contributed by atoms with Crippen LogP contribution in [0.3, 0.4) is 0 Å². The molecule has 0 aliphatic rings. The number of para-hydroxylation sites is 2. The smallest absolute Gasteiger partial charge is 0.349 e. The summed E-state index contributed by atoms with van der Waals surface area (Å²) in [5.74, 6) is -0.288. The standard InChI is InChI=1S/C12H11NO5S2/c1-2-9-7-8-12(19-9)20(16,17)18-11-6-4-3-5-10(11)13(14)15/h3-8H,2H2,1H3. The molecule has 8 heteroatoms. The number of hydrogen-bond acceptors (Lipinski definition) is 6. The minimum Gasteiger partial charge on any atom is -0.371 e. The first-order valence-corrected chi connectivity index (χ1v) is 7.93. The van der Waals surface area contributed by atoms with Crippen LogP contribution in [0.5, 0.6) is 5.75 Å². The number of nitro benzene ring substituents is 1. The Morgan fingerprint density at radius 3 is 2.55 bits per heavy atom. The predicted octanol–water partition coefficient (Wildman–Crippen LogP) is 2.99. The fraction of sp³-hybridized carbons (Fsp3) is 0.167. The average molecular weight is 313 g/mol. The molecular formula is C12H11NO5S2. The number of nitro groups is 1. The van der Waals surface area contributed by atoms with Crippen LogP contribution in [0.25, 0.3) is 0 Å². The van der Waals surface area contributed by atoms with Gasteiger partial charge >= 0.3 is 15.8 Å². The molecule has 20 heavy (non-hydrogen) atoms. The maximum Gasteiger partial charge on any atom is 0.349 e. The highest BCUT2D eigenvalue weighted by molar-refractivity contribution is 7.89. The fourth-order valence-corrected chi connectivity index (χ4v) is 3.72. The van der Waals surface area contributed by atoms with Gasteiger partial charge in [0, 0.05) is 10.9 Å². The van der Waals surface area contributed by atoms with Crippen LogP contribution >= 0.6 is 11.3 Å². The van der Waals surface area contributed by atoms with Gasteiger partial charge in [0.25, 0.3) is 0 Å². The van der Waals surface area contributed by atoms with E-state index in [2.05, 4.69) is 0 Å². The van der Waals surface area contributed by atoms with Gasteiger partial charge in [-0.3, -0.25) is 10.1 Å². The van der Waals surface area contributed by atoms with Gasteiger partial charge in [0.05, 0.1) is 4.92 Å². The van der Waals surface area contributed by atoms with Gasteiger partial charge in [0.1, 0.15) is 0 Å². The predicted molar refractivity (Wildman–Crippen MR) is 74.6 cm³/mol. The number of rotatable bonds is 5. The molecule has 1 heterocycles. The lowest BCUT2D eigenvalue weighted by Gasteiger charge is -2.05. The third-order valence-electron chi connectivity index (χ3n) is 2.49. The van der Waals surface area contributed by atoms with E-state index >= 15 is 0 Å². The molecule has 1 aromatic heterocycles. The molecule has 0 fully saturated rings. The van der Waals surface area contributed by atoms with Crippen LogP contribution in [0.15, 0.2) is 40.6 Å². The van der Waals surface area contributed by atoms with Gasteiger partial charge in [0.2, 0.25) is 5.75 Å². The molecule has 0 saturated carbocycles. The first-order valence-electron chi connectivity index (χ1n) is 5.70. The van der Waals surface area contributed by atoms with Crippen LogP contribution in [0, 0.1) is 10.1 Å². The number of benzene rings is 1. The van der Waals surface area contributed by atoms with Crippen molar-refractivity contribution in [1.82, 2.24) is 0 Å². The lowest BCUT2D eigenvalue weighted by molar-refractivity contribution is -0.385. The third-order valence-corrected chi connectivity index (χ3v) is 5.41. The molecule has 0 saturated heterocycles. The van der Waals surface area contributed by atoms with E-state index < -0.39 is 15.0 Å². The van der Waals surface area contributed by atoms with Crippen LogP contribution < -0.4 is 4.18 Å². The summed E-state index contributed by atoms with van der Waals surface area (Å²) in [6.45, 7) is 1.91. The quantitative estimate of drug-likeness (QED) is 0.481. The zero-order valence-electron chi connectivity index (χ0n) is 10.5. The summed E-state index contributed by atoms with van der Waals surface area (Å²) in [6, 6.07) is 8.50. The topological polar surface area (TPSA) is 86.5 Å². The van der Waals surface area contributed by atoms with Crippen LogP contribution in [0.1, 0.15) is 11.8 Å². The van der Waals surface area contributed by atoms with E-state index in [1.54, 1.807) is 6.07 Å². The molecule has 0 atom stereocenters. The molecule has 0 radical (unpaired) electrons. The Morgan fingerprint density at radius 1 is 1.25 bits per heavy atom. The van der Waals surface area contributed by atoms with Gasteiger partial charge in [0.15, 0.2) is 4.21 Å². The summed E-state index contributed by atoms with van der Waals surface area (Å²) in [5.41, 5.74) is -0.386. The average Bonchev–Trinajstić information content (AvgIpc) is 2.88. The first-order chi connectivity index (χ1) is 9.44. The van der Waals surface area contributed by atoms with E-state index in [0.717, 1.165) is 16.2 Å². The van der Waals surface area contributed by atoms with E-state index in [-0.39, 0.29) is 15.6 Å². The van der Waals surface area contributed by atoms with E-state index in [9.17, 15) is 18.5 Å². The minimum absolute atomic E-state index is 0.0347. The summed E-state index contributed by atoms with van der Waals surface area (Å²) in [4.78, 5) is 11.0. The highest BCUT2D eigenvalue weighted by Crippen LogP contribution is 2.31. The Hall–Kier alpha value is -1.93. The molecule has 6 nitrogen and oxygen atoms in total. The van der Waals surface area contributed by atoms with Gasteiger partial charge in [-0.1, -0.05) is 19.1 Å². The summed E-state index contributed by atoms with van der Waals surface area (Å²) in [6.07, 6.45) is 0.714. The van der Waals surface area contributed by atoms with E-state index in [1.165, 1.54) is 30.3 Å². The minimum atomic E-state index is -4.04. The van der Waals surface area contributed by atoms with Crippen LogP contribution in [-0.4, -0.2) is 13.3 Å². The summed E-state index contributed by atoms with van der Waals surface area (Å²) < 4.78 is 29.1. The molecule has 0 N–H and O–H groups in total. The molecule has 0 unspecified atom stereocenters. The van der Waals surface area contributed by atoms with Crippen molar-refractivity contribution in [3.8, 4) is 5.75 Å². The molecule has 0 aliphatic carbocycles. The van der Waals surface area contributed by atoms with Crippen molar-refractivity contribution in [2.75, 3.05) is 0 Å². The van der Waals surface area contributed by atoms with E-state index in [0.29, 0.717) is 6.42 Å². The summed E-state index contributed by atoms with van der Waals surface area (Å²) in [7, 11) is -4.04. The molecule has 1 aromatic carbocycles. The van der Waals surface area contributed by atoms with Crippen LogP contribution in [-0.2, 0) is 16.5 Å². The van der Waals surface area contributed by atoms with Gasteiger partial charge in [-0.15, -0.1) is 11.3 Å². The molecule has 0 bridgehead atoms. The fourth-order valence-electron chi connectivity index (χ4n) is 1.52. The van der Waals surface area contributed by atoms with Gasteiger partial charge in [-0.05, 0) is 24.6 Å². The second-order valence-corrected chi connectivity index (χ2v) is 6.78. The van der Waals surface area contributed by atoms with Crippen molar-refractivity contribution in [3.05, 3.63) is 51.4 Å². The van der Waals surface area contributed by atoms with Crippen molar-refractivity contribution in [1.29, 1.82) is 0 Å². The molecular weight excluding hydrogens is 302 g/mol. The lowest BCUT2D eigenvalue weighted by Crippen LogP contribution is -2.09. The molecule has 0 spiro atoms. The maximum atomic E-state index is 12.1. The zero-order chi connectivity index (χ0) is 14.8. The number of nitrogens with zero attached hydrogens (tertiary/aromatic N) is 1. The highest BCUT2D eigenvalue weighted by atomic mass is 32.3. The molecule has 2 aromatic rings. The van der Waals surface area contributed by atoms with Crippen molar-refractivity contribution < 1.29 is 17.5 Å². The molecule has 0 aliphatic heterocycles. The van der Waals surface area contributed by atoms with E-state index in [4.69, 9.17) is 4.18 Å². The number of aryl methyl sites for hydroxylation is 1. The van der Waals surface area contributed by atoms with Crippen molar-refractivity contribution in [2.45, 2.75) is 17.6 Å². The summed E-state index contributed by atoms with van der Waals surface area (Å²) in [5, 5.41) is 10.8. The Bertz CT molecular complexity index is 736. The third kappa shape index (κ3) is 2.97. The molecule has 106 valence electrons. The SMILES string of the molecule is CCc1ccc(S(=O)(=O)Oc2ccccc2[N+](=O)[O-])s1. The zero-order valence-corrected chi connectivity index (χ0v) is 12.1. The lowest BCUT2D eigenvalue weighted by atomic mass is 10.3. The van der Waals surface area contributed by atoms with E-state index in [1.807, 2.05) is 6.92 Å². The second kappa shape index (κ2) is 5.59. The monoisotopic (exact) mass is 313 g/mol. The van der Waals surface area contributed by atoms with Gasteiger partial charge < -0.3 is 4.18 Å². The normalized spacial score (nSPS) is 11.2. The van der Waals surface area contributed by atoms with Crippen molar-refractivity contribution >= 4 is 27.1 Å². The summed E-state index contributed by atoms with van der Waals surface area (Å²) >= 11 is 1.09. The molecule has 2 rings (SSSR count). The maximum absolute atomic E-state index is 12.1. The van der Waals surface area contributed by atoms with Gasteiger partial charge in [-0.2, -0.15) is 8.42 Å². The highest BCUT2D eigenvalue weighted by Gasteiger charge is 2.24. The first kappa shape index (κ1) is 14.5. The van der Waals surface area contributed by atoms with Crippen molar-refractivity contribution in [3.63, 3.8) is 0 Å². The second-order valence-electron chi connectivity index (χ2n) is 3.84. The Morgan fingerprint density at radius 2 is 1.95 bits per heavy atom. The van der Waals surface area contributed by atoms with Crippen LogP contribution in [0.2, 0.25) is 0 Å². The number of hydrogen-bond donors (Lipinski definition) is 0. The Kier molecular flexibility index (Phi) is 4.05. The van der Waals surface area contributed by atoms with Crippen molar-refractivity contribution in [2.24, 2.45) is 0 Å². The number of thiophene rings is 1.